The van der Waals surface area contributed by atoms with Crippen molar-refractivity contribution in [3.63, 3.8) is 0 Å². The van der Waals surface area contributed by atoms with Crippen molar-refractivity contribution in [2.24, 2.45) is 0 Å². The van der Waals surface area contributed by atoms with Gasteiger partial charge in [-0.15, -0.1) is 28.1 Å². The lowest BCUT2D eigenvalue weighted by atomic mass is 10.2. The van der Waals surface area contributed by atoms with Crippen LogP contribution in [0.3, 0.4) is 0 Å². The van der Waals surface area contributed by atoms with Gasteiger partial charge in [-0.2, -0.15) is 0 Å². The Labute approximate surface area is 163 Å². The molecule has 1 atom stereocenters. The minimum absolute atomic E-state index is 0.0940. The molecule has 0 saturated carbocycles. The molecule has 7 nitrogen and oxygen atoms in total. The normalized spacial score (nSPS) is 12.5. The fraction of sp³-hybridized carbons (Fsp3) is 0.222. The number of allylic oxidation sites excluding steroid dienone is 1. The number of nitrogens with zero attached hydrogens (tertiary/aromatic N) is 4. The Kier molecular flexibility index (Phi) is 4.71. The van der Waals surface area contributed by atoms with Gasteiger partial charge in [0.1, 0.15) is 22.2 Å². The molecule has 0 aliphatic rings. The third-order valence-corrected chi connectivity index (χ3v) is 6.09. The summed E-state index contributed by atoms with van der Waals surface area (Å²) in [5.41, 5.74) is 0.598. The topological polar surface area (TPSA) is 89.6 Å². The fourth-order valence-corrected chi connectivity index (χ4v) is 4.67. The number of furan rings is 1. The van der Waals surface area contributed by atoms with E-state index in [9.17, 15) is 4.79 Å². The summed E-state index contributed by atoms with van der Waals surface area (Å²) in [7, 11) is 0. The lowest BCUT2D eigenvalue weighted by molar-refractivity contribution is 0.583. The van der Waals surface area contributed by atoms with Gasteiger partial charge in [0.2, 0.25) is 0 Å². The van der Waals surface area contributed by atoms with Gasteiger partial charge in [0.25, 0.3) is 5.56 Å². The van der Waals surface area contributed by atoms with Crippen LogP contribution in [0.25, 0.3) is 21.5 Å². The van der Waals surface area contributed by atoms with Crippen LogP contribution in [0.5, 0.6) is 0 Å². The van der Waals surface area contributed by atoms with Gasteiger partial charge in [0.15, 0.2) is 5.16 Å². The zero-order valence-corrected chi connectivity index (χ0v) is 16.4. The third-order valence-electron chi connectivity index (χ3n) is 4.13. The lowest BCUT2D eigenvalue weighted by Gasteiger charge is -2.11. The van der Waals surface area contributed by atoms with Crippen LogP contribution in [0.15, 0.2) is 50.8 Å². The highest BCUT2D eigenvalue weighted by Crippen LogP contribution is 2.35. The molecule has 0 fully saturated rings. The summed E-state index contributed by atoms with van der Waals surface area (Å²) < 4.78 is 7.41. The Bertz CT molecular complexity index is 1160. The molecule has 4 heterocycles. The molecule has 0 amide bonds. The van der Waals surface area contributed by atoms with Gasteiger partial charge in [0, 0.05) is 17.5 Å². The van der Waals surface area contributed by atoms with Gasteiger partial charge in [-0.1, -0.05) is 17.8 Å². The van der Waals surface area contributed by atoms with E-state index in [2.05, 4.69) is 26.7 Å². The first-order chi connectivity index (χ1) is 13.1. The van der Waals surface area contributed by atoms with E-state index >= 15 is 0 Å². The number of hydrogen-bond acceptors (Lipinski definition) is 7. The second-order valence-electron chi connectivity index (χ2n) is 5.95. The molecule has 0 aliphatic carbocycles. The molecule has 0 aromatic carbocycles. The van der Waals surface area contributed by atoms with Gasteiger partial charge in [-0.05, 0) is 26.0 Å². The number of thioether (sulfide) groups is 1. The van der Waals surface area contributed by atoms with Crippen LogP contribution in [-0.4, -0.2) is 24.7 Å². The first kappa shape index (κ1) is 17.7. The van der Waals surface area contributed by atoms with Gasteiger partial charge >= 0.3 is 0 Å². The second-order valence-corrected chi connectivity index (χ2v) is 8.11. The Balaban J connectivity index is 1.68. The fourth-order valence-electron chi connectivity index (χ4n) is 2.77. The van der Waals surface area contributed by atoms with Crippen LogP contribution in [0.1, 0.15) is 23.8 Å². The zero-order valence-electron chi connectivity index (χ0n) is 14.8. The molecule has 4 rings (SSSR count). The molecule has 27 heavy (non-hydrogen) atoms. The van der Waals surface area contributed by atoms with Crippen molar-refractivity contribution in [2.75, 3.05) is 0 Å². The summed E-state index contributed by atoms with van der Waals surface area (Å²) in [5.74, 6) is 2.09. The van der Waals surface area contributed by atoms with Crippen molar-refractivity contribution in [3.05, 3.63) is 58.4 Å². The molecular formula is C18H17N5O2S2. The van der Waals surface area contributed by atoms with Crippen molar-refractivity contribution < 1.29 is 4.42 Å². The van der Waals surface area contributed by atoms with Crippen LogP contribution in [0.2, 0.25) is 0 Å². The van der Waals surface area contributed by atoms with E-state index in [4.69, 9.17) is 4.42 Å². The molecule has 4 aromatic rings. The number of H-pyrrole nitrogens is 1. The SMILES string of the molecule is C=CCn1c(C)nnc1SC(C)c1nc2scc(-c3ccco3)c2c(=O)[nH]1. The number of rotatable bonds is 6. The number of fused-ring (bicyclic) bond motifs is 1. The predicted octanol–water partition coefficient (Wildman–Crippen LogP) is 4.18. The highest BCUT2D eigenvalue weighted by molar-refractivity contribution is 7.99. The highest BCUT2D eigenvalue weighted by Gasteiger charge is 2.19. The van der Waals surface area contributed by atoms with E-state index in [1.54, 1.807) is 18.4 Å². The highest BCUT2D eigenvalue weighted by atomic mass is 32.2. The largest absolute Gasteiger partial charge is 0.464 e. The van der Waals surface area contributed by atoms with Crippen LogP contribution in [0, 0.1) is 6.92 Å². The van der Waals surface area contributed by atoms with Gasteiger partial charge in [-0.3, -0.25) is 4.79 Å². The molecule has 0 spiro atoms. The second kappa shape index (κ2) is 7.16. The molecule has 0 bridgehead atoms. The number of nitrogens with one attached hydrogen (secondary N) is 1. The van der Waals surface area contributed by atoms with E-state index in [-0.39, 0.29) is 10.8 Å². The minimum Gasteiger partial charge on any atom is -0.464 e. The molecule has 0 saturated heterocycles. The van der Waals surface area contributed by atoms with E-state index in [1.807, 2.05) is 29.9 Å². The number of aromatic amines is 1. The molecule has 1 unspecified atom stereocenters. The van der Waals surface area contributed by atoms with Gasteiger partial charge in [-0.25, -0.2) is 4.98 Å². The summed E-state index contributed by atoms with van der Waals surface area (Å²) in [6.45, 7) is 8.29. The zero-order chi connectivity index (χ0) is 19.0. The minimum atomic E-state index is -0.168. The Hall–Kier alpha value is -2.65. The van der Waals surface area contributed by atoms with Crippen LogP contribution >= 0.6 is 23.1 Å². The van der Waals surface area contributed by atoms with Crippen molar-refractivity contribution in [2.45, 2.75) is 30.8 Å². The van der Waals surface area contributed by atoms with E-state index in [1.165, 1.54) is 23.1 Å². The van der Waals surface area contributed by atoms with Crippen molar-refractivity contribution >= 4 is 33.3 Å². The maximum atomic E-state index is 12.7. The van der Waals surface area contributed by atoms with Crippen LogP contribution < -0.4 is 5.56 Å². The molecular weight excluding hydrogens is 382 g/mol. The molecule has 9 heteroatoms. The maximum absolute atomic E-state index is 12.7. The molecule has 0 aliphatic heterocycles. The first-order valence-corrected chi connectivity index (χ1v) is 10.1. The van der Waals surface area contributed by atoms with Crippen molar-refractivity contribution in [1.29, 1.82) is 0 Å². The van der Waals surface area contributed by atoms with E-state index in [0.29, 0.717) is 28.3 Å². The summed E-state index contributed by atoms with van der Waals surface area (Å²) in [5, 5.41) is 11.5. The van der Waals surface area contributed by atoms with E-state index < -0.39 is 0 Å². The van der Waals surface area contributed by atoms with Crippen molar-refractivity contribution in [1.82, 2.24) is 24.7 Å². The van der Waals surface area contributed by atoms with E-state index in [0.717, 1.165) is 16.5 Å². The van der Waals surface area contributed by atoms with Crippen LogP contribution in [0.4, 0.5) is 0 Å². The summed E-state index contributed by atoms with van der Waals surface area (Å²) >= 11 is 2.93. The Morgan fingerprint density at radius 1 is 1.48 bits per heavy atom. The number of thiophene rings is 1. The summed E-state index contributed by atoms with van der Waals surface area (Å²) in [6, 6.07) is 3.64. The number of hydrogen-bond donors (Lipinski definition) is 1. The van der Waals surface area contributed by atoms with Crippen molar-refractivity contribution in [3.8, 4) is 11.3 Å². The molecule has 0 radical (unpaired) electrons. The van der Waals surface area contributed by atoms with Crippen LogP contribution in [-0.2, 0) is 6.54 Å². The standard InChI is InChI=1S/C18H17N5O2S2/c1-4-7-23-11(3)21-22-18(23)27-10(2)15-19-16(24)14-12(9-26-17(14)20-15)13-6-5-8-25-13/h4-6,8-10H,1,7H2,2-3H3,(H,19,20,24). The third kappa shape index (κ3) is 3.24. The molecule has 4 aromatic heterocycles. The number of aryl methyl sites for hydroxylation is 1. The first-order valence-electron chi connectivity index (χ1n) is 8.31. The summed E-state index contributed by atoms with van der Waals surface area (Å²) in [6.07, 6.45) is 3.40. The molecule has 138 valence electrons. The predicted molar refractivity (Wildman–Crippen MR) is 107 cm³/mol. The van der Waals surface area contributed by atoms with Gasteiger partial charge < -0.3 is 14.0 Å². The average Bonchev–Trinajstić information content (AvgIpc) is 3.37. The smallest absolute Gasteiger partial charge is 0.260 e. The average molecular weight is 400 g/mol. The Morgan fingerprint density at radius 3 is 3.07 bits per heavy atom. The lowest BCUT2D eigenvalue weighted by Crippen LogP contribution is -2.12. The maximum Gasteiger partial charge on any atom is 0.260 e. The number of aromatic nitrogens is 5. The monoisotopic (exact) mass is 399 g/mol. The summed E-state index contributed by atoms with van der Waals surface area (Å²) in [4.78, 5) is 21.0. The quantitative estimate of drug-likeness (QED) is 0.386. The molecule has 1 N–H and O–H groups in total. The van der Waals surface area contributed by atoms with Gasteiger partial charge in [0.05, 0.1) is 16.9 Å². The Morgan fingerprint density at radius 2 is 2.33 bits per heavy atom.